The Labute approximate surface area is 164 Å². The van der Waals surface area contributed by atoms with E-state index < -0.39 is 5.91 Å². The number of hydrogen-bond donors (Lipinski definition) is 1. The van der Waals surface area contributed by atoms with Gasteiger partial charge in [0.2, 0.25) is 5.88 Å². The van der Waals surface area contributed by atoms with Gasteiger partial charge in [0, 0.05) is 17.5 Å². The molecule has 0 radical (unpaired) electrons. The van der Waals surface area contributed by atoms with E-state index in [1.54, 1.807) is 24.3 Å². The average molecular weight is 375 g/mol. The summed E-state index contributed by atoms with van der Waals surface area (Å²) in [6.45, 7) is 0.749. The minimum atomic E-state index is -0.418. The lowest BCUT2D eigenvalue weighted by atomic mass is 9.87. The van der Waals surface area contributed by atoms with Crippen LogP contribution in [0.25, 0.3) is 10.9 Å². The zero-order valence-corrected chi connectivity index (χ0v) is 15.9. The molecule has 0 aliphatic heterocycles. The molecule has 1 amide bonds. The van der Waals surface area contributed by atoms with Crippen molar-refractivity contribution >= 4 is 22.5 Å². The third-order valence-corrected chi connectivity index (χ3v) is 5.66. The predicted octanol–water partition coefficient (Wildman–Crippen LogP) is 6.24. The zero-order chi connectivity index (χ0) is 19.3. The van der Waals surface area contributed by atoms with Gasteiger partial charge in [-0.1, -0.05) is 68.5 Å². The van der Waals surface area contributed by atoms with E-state index in [1.165, 1.54) is 32.1 Å². The molecule has 0 spiro atoms. The summed E-state index contributed by atoms with van der Waals surface area (Å²) in [5, 5.41) is 19.6. The number of aromatic hydroxyl groups is 1. The fourth-order valence-corrected chi connectivity index (χ4v) is 4.12. The van der Waals surface area contributed by atoms with Crippen molar-refractivity contribution in [1.82, 2.24) is 4.57 Å². The van der Waals surface area contributed by atoms with Gasteiger partial charge in [0.05, 0.1) is 5.52 Å². The number of nitrogens with zero attached hydrogens (tertiary/aromatic N) is 3. The number of amides is 1. The first-order valence-corrected chi connectivity index (χ1v) is 10.1. The molecule has 1 aromatic heterocycles. The number of carbonyl (C=O) groups excluding carboxylic acids is 1. The Morgan fingerprint density at radius 3 is 2.50 bits per heavy atom. The van der Waals surface area contributed by atoms with Gasteiger partial charge in [0.1, 0.15) is 0 Å². The molecule has 4 rings (SSSR count). The maximum absolute atomic E-state index is 12.3. The van der Waals surface area contributed by atoms with E-state index in [4.69, 9.17) is 0 Å². The van der Waals surface area contributed by atoms with Crippen LogP contribution in [0.1, 0.15) is 48.9 Å². The molecule has 1 N–H and O–H groups in total. The summed E-state index contributed by atoms with van der Waals surface area (Å²) in [5.41, 5.74) is 1.77. The smallest absolute Gasteiger partial charge is 0.295 e. The summed E-state index contributed by atoms with van der Waals surface area (Å²) in [5.74, 6) is 0.389. The third-order valence-electron chi connectivity index (χ3n) is 5.66. The van der Waals surface area contributed by atoms with Crippen molar-refractivity contribution in [3.8, 4) is 5.88 Å². The van der Waals surface area contributed by atoms with E-state index in [1.807, 2.05) is 34.9 Å². The summed E-state index contributed by atoms with van der Waals surface area (Å²) in [6.07, 6.45) is 7.56. The molecule has 0 saturated heterocycles. The molecule has 1 saturated carbocycles. The van der Waals surface area contributed by atoms with Crippen molar-refractivity contribution in [2.24, 2.45) is 16.1 Å². The maximum atomic E-state index is 12.3. The lowest BCUT2D eigenvalue weighted by molar-refractivity contribution is 0.0995. The first-order valence-electron chi connectivity index (χ1n) is 10.1. The number of fused-ring (bicyclic) bond motifs is 1. The molecular formula is C23H25N3O2. The number of aryl methyl sites for hydroxylation is 1. The second kappa shape index (κ2) is 8.38. The molecule has 3 aromatic rings. The van der Waals surface area contributed by atoms with E-state index in [0.717, 1.165) is 29.8 Å². The number of benzene rings is 2. The van der Waals surface area contributed by atoms with Gasteiger partial charge in [-0.05, 0) is 30.5 Å². The molecule has 144 valence electrons. The minimum absolute atomic E-state index is 0.0848. The maximum Gasteiger partial charge on any atom is 0.295 e. The van der Waals surface area contributed by atoms with Crippen molar-refractivity contribution in [2.75, 3.05) is 0 Å². The van der Waals surface area contributed by atoms with E-state index in [0.29, 0.717) is 11.3 Å². The Bertz CT molecular complexity index is 986. The van der Waals surface area contributed by atoms with E-state index in [2.05, 4.69) is 10.2 Å². The lowest BCUT2D eigenvalue weighted by Crippen LogP contribution is -2.09. The number of aromatic nitrogens is 1. The van der Waals surface area contributed by atoms with Crippen molar-refractivity contribution < 1.29 is 9.90 Å². The van der Waals surface area contributed by atoms with Crippen LogP contribution < -0.4 is 0 Å². The third kappa shape index (κ3) is 3.84. The highest BCUT2D eigenvalue weighted by Gasteiger charge is 2.19. The zero-order valence-electron chi connectivity index (χ0n) is 15.9. The predicted molar refractivity (Wildman–Crippen MR) is 110 cm³/mol. The van der Waals surface area contributed by atoms with Crippen molar-refractivity contribution in [1.29, 1.82) is 0 Å². The van der Waals surface area contributed by atoms with Gasteiger partial charge in [-0.15, -0.1) is 10.2 Å². The molecule has 1 heterocycles. The summed E-state index contributed by atoms with van der Waals surface area (Å²) < 4.78 is 1.91. The second-order valence-electron chi connectivity index (χ2n) is 7.50. The standard InChI is InChI=1S/C23H25N3O2/c27-22(18-11-5-2-6-12-18)25-24-21-19-13-7-8-14-20(19)26(23(21)28)16-15-17-9-3-1-4-10-17/h2,5-8,11-14,17,28H,1,3-4,9-10,15-16H2. The van der Waals surface area contributed by atoms with Gasteiger partial charge in [0.15, 0.2) is 5.69 Å². The average Bonchev–Trinajstić information content (AvgIpc) is 3.02. The van der Waals surface area contributed by atoms with Crippen LogP contribution in [0.5, 0.6) is 5.88 Å². The normalized spacial score (nSPS) is 15.4. The highest BCUT2D eigenvalue weighted by atomic mass is 16.3. The number of azo groups is 1. The Balaban J connectivity index is 1.60. The molecule has 1 fully saturated rings. The van der Waals surface area contributed by atoms with Gasteiger partial charge in [-0.3, -0.25) is 4.79 Å². The first-order chi connectivity index (χ1) is 13.7. The Hall–Kier alpha value is -2.95. The number of hydrogen-bond acceptors (Lipinski definition) is 3. The van der Waals surface area contributed by atoms with Crippen molar-refractivity contribution in [3.05, 3.63) is 60.2 Å². The van der Waals surface area contributed by atoms with Gasteiger partial charge in [-0.25, -0.2) is 0 Å². The van der Waals surface area contributed by atoms with Crippen LogP contribution >= 0.6 is 0 Å². The van der Waals surface area contributed by atoms with Crippen LogP contribution in [0, 0.1) is 5.92 Å². The SMILES string of the molecule is O=C(N=Nc1c(O)n(CCC2CCCCC2)c2ccccc12)c1ccccc1. The van der Waals surface area contributed by atoms with Gasteiger partial charge in [0.25, 0.3) is 5.91 Å². The molecule has 2 aromatic carbocycles. The van der Waals surface area contributed by atoms with E-state index in [-0.39, 0.29) is 5.88 Å². The van der Waals surface area contributed by atoms with Crippen LogP contribution in [-0.4, -0.2) is 15.6 Å². The topological polar surface area (TPSA) is 66.9 Å². The minimum Gasteiger partial charge on any atom is -0.493 e. The molecular weight excluding hydrogens is 350 g/mol. The van der Waals surface area contributed by atoms with E-state index in [9.17, 15) is 9.90 Å². The van der Waals surface area contributed by atoms with Gasteiger partial charge < -0.3 is 9.67 Å². The largest absolute Gasteiger partial charge is 0.493 e. The van der Waals surface area contributed by atoms with Gasteiger partial charge in [-0.2, -0.15) is 0 Å². The quantitative estimate of drug-likeness (QED) is 0.536. The Kier molecular flexibility index (Phi) is 5.51. The second-order valence-corrected chi connectivity index (χ2v) is 7.50. The summed E-state index contributed by atoms with van der Waals surface area (Å²) in [4.78, 5) is 12.3. The lowest BCUT2D eigenvalue weighted by Gasteiger charge is -2.21. The first kappa shape index (κ1) is 18.4. The van der Waals surface area contributed by atoms with Crippen LogP contribution in [0.3, 0.4) is 0 Å². The molecule has 5 heteroatoms. The monoisotopic (exact) mass is 375 g/mol. The van der Waals surface area contributed by atoms with Crippen molar-refractivity contribution in [3.63, 3.8) is 0 Å². The molecule has 0 atom stereocenters. The highest BCUT2D eigenvalue weighted by Crippen LogP contribution is 2.39. The van der Waals surface area contributed by atoms with Crippen LogP contribution in [0.4, 0.5) is 5.69 Å². The molecule has 28 heavy (non-hydrogen) atoms. The van der Waals surface area contributed by atoms with Crippen LogP contribution in [0.15, 0.2) is 64.8 Å². The van der Waals surface area contributed by atoms with Gasteiger partial charge >= 0.3 is 0 Å². The van der Waals surface area contributed by atoms with Crippen LogP contribution in [-0.2, 0) is 6.54 Å². The molecule has 0 unspecified atom stereocenters. The summed E-state index contributed by atoms with van der Waals surface area (Å²) >= 11 is 0. The summed E-state index contributed by atoms with van der Waals surface area (Å²) in [6, 6.07) is 16.6. The summed E-state index contributed by atoms with van der Waals surface area (Å²) in [7, 11) is 0. The molecule has 0 bridgehead atoms. The number of rotatable bonds is 5. The number of para-hydroxylation sites is 1. The highest BCUT2D eigenvalue weighted by molar-refractivity contribution is 5.97. The fraction of sp³-hybridized carbons (Fsp3) is 0.348. The van der Waals surface area contributed by atoms with Crippen molar-refractivity contribution in [2.45, 2.75) is 45.1 Å². The van der Waals surface area contributed by atoms with E-state index >= 15 is 0 Å². The Morgan fingerprint density at radius 2 is 1.71 bits per heavy atom. The molecule has 1 aliphatic carbocycles. The molecule has 5 nitrogen and oxygen atoms in total. The Morgan fingerprint density at radius 1 is 1.00 bits per heavy atom. The number of carbonyl (C=O) groups is 1. The fourth-order valence-electron chi connectivity index (χ4n) is 4.12. The van der Waals surface area contributed by atoms with Crippen LogP contribution in [0.2, 0.25) is 0 Å². The molecule has 1 aliphatic rings.